The molecule has 7 nitrogen and oxygen atoms in total. The Bertz CT molecular complexity index is 798. The van der Waals surface area contributed by atoms with Crippen molar-refractivity contribution in [1.29, 1.82) is 0 Å². The Morgan fingerprint density at radius 2 is 1.93 bits per heavy atom. The monoisotopic (exact) mass is 388 g/mol. The Morgan fingerprint density at radius 1 is 1.21 bits per heavy atom. The number of hydrogen-bond donors (Lipinski definition) is 1. The summed E-state index contributed by atoms with van der Waals surface area (Å²) in [5, 5.41) is 0. The summed E-state index contributed by atoms with van der Waals surface area (Å²) in [5.41, 5.74) is 8.68. The second-order valence-corrected chi connectivity index (χ2v) is 6.99. The standard InChI is InChI=1S/C21H28N2O5/c1-12(2)28-21(25)18-14(4)23-13(3)17(20(24)27-10-9-26-5)19(18)15-7-6-8-16(22)11-15/h6-8,11-12,17,19H,9-10,22H2,1-5H3. The maximum atomic E-state index is 12.9. The zero-order valence-corrected chi connectivity index (χ0v) is 17.0. The van der Waals surface area contributed by atoms with E-state index in [1.165, 1.54) is 7.11 Å². The molecule has 0 bridgehead atoms. The molecule has 1 heterocycles. The van der Waals surface area contributed by atoms with Crippen LogP contribution in [-0.2, 0) is 23.8 Å². The van der Waals surface area contributed by atoms with Crippen molar-refractivity contribution in [3.8, 4) is 0 Å². The molecule has 0 fully saturated rings. The molecule has 1 aromatic carbocycles. The van der Waals surface area contributed by atoms with Crippen LogP contribution in [0.15, 0.2) is 40.5 Å². The molecule has 152 valence electrons. The van der Waals surface area contributed by atoms with Crippen LogP contribution in [0, 0.1) is 5.92 Å². The first-order valence-electron chi connectivity index (χ1n) is 9.24. The first-order chi connectivity index (χ1) is 13.3. The summed E-state index contributed by atoms with van der Waals surface area (Å²) < 4.78 is 15.7. The average Bonchev–Trinajstić information content (AvgIpc) is 2.60. The van der Waals surface area contributed by atoms with E-state index in [0.29, 0.717) is 22.7 Å². The summed E-state index contributed by atoms with van der Waals surface area (Å²) in [6.45, 7) is 7.46. The van der Waals surface area contributed by atoms with Gasteiger partial charge in [0.2, 0.25) is 0 Å². The first kappa shape index (κ1) is 21.6. The highest BCUT2D eigenvalue weighted by molar-refractivity contribution is 6.07. The number of methoxy groups -OCH3 is 1. The molecule has 28 heavy (non-hydrogen) atoms. The maximum absolute atomic E-state index is 12.9. The summed E-state index contributed by atoms with van der Waals surface area (Å²) in [6, 6.07) is 7.14. The number of nitrogens with two attached hydrogens (primary N) is 1. The molecule has 0 spiro atoms. The highest BCUT2D eigenvalue weighted by Crippen LogP contribution is 2.40. The van der Waals surface area contributed by atoms with Gasteiger partial charge in [-0.1, -0.05) is 12.1 Å². The van der Waals surface area contributed by atoms with Crippen LogP contribution >= 0.6 is 0 Å². The number of nitrogen functional groups attached to an aromatic ring is 1. The fraction of sp³-hybridized carbons (Fsp3) is 0.476. The van der Waals surface area contributed by atoms with Crippen molar-refractivity contribution in [2.24, 2.45) is 10.9 Å². The van der Waals surface area contributed by atoms with Gasteiger partial charge < -0.3 is 19.9 Å². The molecule has 2 N–H and O–H groups in total. The van der Waals surface area contributed by atoms with E-state index in [1.807, 2.05) is 6.07 Å². The van der Waals surface area contributed by atoms with Crippen molar-refractivity contribution in [2.75, 3.05) is 26.1 Å². The summed E-state index contributed by atoms with van der Waals surface area (Å²) in [7, 11) is 1.53. The third-order valence-electron chi connectivity index (χ3n) is 4.45. The SMILES string of the molecule is COCCOC(=O)C1C(C)=NC(C)=C(C(=O)OC(C)C)C1c1cccc(N)c1. The molecule has 0 saturated carbocycles. The lowest BCUT2D eigenvalue weighted by Gasteiger charge is -2.32. The van der Waals surface area contributed by atoms with Crippen molar-refractivity contribution in [2.45, 2.75) is 39.7 Å². The minimum atomic E-state index is -0.753. The van der Waals surface area contributed by atoms with Gasteiger partial charge in [-0.15, -0.1) is 0 Å². The van der Waals surface area contributed by atoms with Crippen LogP contribution < -0.4 is 5.73 Å². The molecule has 7 heteroatoms. The second kappa shape index (κ2) is 9.50. The van der Waals surface area contributed by atoms with Crippen molar-refractivity contribution in [3.05, 3.63) is 41.1 Å². The molecule has 0 saturated heterocycles. The number of rotatable bonds is 7. The molecule has 0 radical (unpaired) electrons. The van der Waals surface area contributed by atoms with E-state index in [2.05, 4.69) is 4.99 Å². The molecule has 0 aliphatic carbocycles. The minimum absolute atomic E-state index is 0.122. The first-order valence-corrected chi connectivity index (χ1v) is 9.24. The van der Waals surface area contributed by atoms with Crippen LogP contribution in [0.1, 0.15) is 39.2 Å². The number of allylic oxidation sites excluding steroid dienone is 1. The number of ether oxygens (including phenoxy) is 3. The summed E-state index contributed by atoms with van der Waals surface area (Å²) in [5.74, 6) is -2.31. The Morgan fingerprint density at radius 3 is 2.54 bits per heavy atom. The van der Waals surface area contributed by atoms with Crippen LogP contribution in [0.25, 0.3) is 0 Å². The Labute approximate surface area is 165 Å². The molecule has 1 aliphatic rings. The van der Waals surface area contributed by atoms with Gasteiger partial charge in [-0.05, 0) is 45.4 Å². The van der Waals surface area contributed by atoms with Crippen molar-refractivity contribution in [3.63, 3.8) is 0 Å². The number of esters is 2. The molecule has 1 aromatic rings. The molecular weight excluding hydrogens is 360 g/mol. The number of aliphatic imine (C=N–C) groups is 1. The van der Waals surface area contributed by atoms with E-state index >= 15 is 0 Å². The number of nitrogens with zero attached hydrogens (tertiary/aromatic N) is 1. The van der Waals surface area contributed by atoms with Crippen LogP contribution in [0.3, 0.4) is 0 Å². The van der Waals surface area contributed by atoms with E-state index in [4.69, 9.17) is 19.9 Å². The number of hydrogen-bond acceptors (Lipinski definition) is 7. The fourth-order valence-corrected chi connectivity index (χ4v) is 3.31. The zero-order valence-electron chi connectivity index (χ0n) is 17.0. The molecule has 0 aromatic heterocycles. The quantitative estimate of drug-likeness (QED) is 0.438. The largest absolute Gasteiger partial charge is 0.463 e. The Balaban J connectivity index is 2.53. The van der Waals surface area contributed by atoms with Crippen LogP contribution in [0.4, 0.5) is 5.69 Å². The molecule has 1 aliphatic heterocycles. The van der Waals surface area contributed by atoms with Gasteiger partial charge in [0.15, 0.2) is 0 Å². The lowest BCUT2D eigenvalue weighted by molar-refractivity contribution is -0.148. The van der Waals surface area contributed by atoms with Gasteiger partial charge in [-0.2, -0.15) is 0 Å². The Hall–Kier alpha value is -2.67. The van der Waals surface area contributed by atoms with E-state index in [9.17, 15) is 9.59 Å². The topological polar surface area (TPSA) is 100 Å². The Kier molecular flexibility index (Phi) is 7.34. The second-order valence-electron chi connectivity index (χ2n) is 6.99. The van der Waals surface area contributed by atoms with Gasteiger partial charge in [0.05, 0.1) is 18.3 Å². The van der Waals surface area contributed by atoms with Gasteiger partial charge in [0, 0.05) is 30.1 Å². The number of carbonyl (C=O) groups excluding carboxylic acids is 2. The summed E-state index contributed by atoms with van der Waals surface area (Å²) >= 11 is 0. The van der Waals surface area contributed by atoms with Gasteiger partial charge in [-0.25, -0.2) is 4.79 Å². The lowest BCUT2D eigenvalue weighted by Crippen LogP contribution is -2.37. The normalized spacial score (nSPS) is 19.4. The molecule has 2 rings (SSSR count). The minimum Gasteiger partial charge on any atom is -0.463 e. The highest BCUT2D eigenvalue weighted by atomic mass is 16.6. The van der Waals surface area contributed by atoms with Crippen molar-refractivity contribution < 1.29 is 23.8 Å². The van der Waals surface area contributed by atoms with Crippen molar-refractivity contribution in [1.82, 2.24) is 0 Å². The van der Waals surface area contributed by atoms with Gasteiger partial charge in [0.25, 0.3) is 0 Å². The van der Waals surface area contributed by atoms with Crippen LogP contribution in [-0.4, -0.2) is 44.1 Å². The number of carbonyl (C=O) groups is 2. The van der Waals surface area contributed by atoms with Gasteiger partial charge >= 0.3 is 11.9 Å². The van der Waals surface area contributed by atoms with E-state index < -0.39 is 23.8 Å². The van der Waals surface area contributed by atoms with E-state index in [0.717, 1.165) is 5.56 Å². The third-order valence-corrected chi connectivity index (χ3v) is 4.45. The molecule has 0 amide bonds. The lowest BCUT2D eigenvalue weighted by atomic mass is 9.75. The molecule has 2 atom stereocenters. The fourth-order valence-electron chi connectivity index (χ4n) is 3.31. The molecule has 2 unspecified atom stereocenters. The summed E-state index contributed by atoms with van der Waals surface area (Å²) in [4.78, 5) is 30.2. The van der Waals surface area contributed by atoms with E-state index in [1.54, 1.807) is 45.9 Å². The van der Waals surface area contributed by atoms with Gasteiger partial charge in [-0.3, -0.25) is 9.79 Å². The smallest absolute Gasteiger partial charge is 0.336 e. The zero-order chi connectivity index (χ0) is 20.8. The van der Waals surface area contributed by atoms with Crippen LogP contribution in [0.2, 0.25) is 0 Å². The highest BCUT2D eigenvalue weighted by Gasteiger charge is 2.42. The van der Waals surface area contributed by atoms with Gasteiger partial charge in [0.1, 0.15) is 12.5 Å². The van der Waals surface area contributed by atoms with E-state index in [-0.39, 0.29) is 19.3 Å². The van der Waals surface area contributed by atoms with Crippen LogP contribution in [0.5, 0.6) is 0 Å². The summed E-state index contributed by atoms with van der Waals surface area (Å²) in [6.07, 6.45) is -0.298. The maximum Gasteiger partial charge on any atom is 0.336 e. The van der Waals surface area contributed by atoms with Crippen molar-refractivity contribution >= 4 is 23.3 Å². The predicted octanol–water partition coefficient (Wildman–Crippen LogP) is 2.86. The number of benzene rings is 1. The predicted molar refractivity (Wildman–Crippen MR) is 107 cm³/mol. The third kappa shape index (κ3) is 4.98. The molecular formula is C21H28N2O5. The number of anilines is 1. The average molecular weight is 388 g/mol.